The molecule has 0 aromatic heterocycles. The van der Waals surface area contributed by atoms with Gasteiger partial charge in [0.1, 0.15) is 0 Å². The average Bonchev–Trinajstić information content (AvgIpc) is 2.25. The number of carbonyl (C=O) groups is 2. The summed E-state index contributed by atoms with van der Waals surface area (Å²) in [4.78, 5) is 26.6. The highest BCUT2D eigenvalue weighted by atomic mass is 16.1. The molecule has 0 spiro atoms. The predicted molar refractivity (Wildman–Crippen MR) is 57.3 cm³/mol. The lowest BCUT2D eigenvalue weighted by molar-refractivity contribution is -0.116. The predicted octanol–water partition coefficient (Wildman–Crippen LogP) is 1.86. The lowest BCUT2D eigenvalue weighted by Gasteiger charge is -2.04. The van der Waals surface area contributed by atoms with Crippen LogP contribution >= 0.6 is 0 Å². The zero-order valence-electron chi connectivity index (χ0n) is 8.01. The van der Waals surface area contributed by atoms with Gasteiger partial charge in [-0.15, -0.1) is 0 Å². The molecular formula is C12H9NO2. The first-order valence-electron chi connectivity index (χ1n) is 4.63. The van der Waals surface area contributed by atoms with E-state index < -0.39 is 0 Å². The van der Waals surface area contributed by atoms with Crippen LogP contribution in [0.5, 0.6) is 0 Å². The summed E-state index contributed by atoms with van der Waals surface area (Å²) in [6, 6.07) is 9.14. The van der Waals surface area contributed by atoms with Crippen LogP contribution in [0.1, 0.15) is 6.42 Å². The van der Waals surface area contributed by atoms with E-state index in [2.05, 4.69) is 4.99 Å². The lowest BCUT2D eigenvalue weighted by atomic mass is 10.0. The molecule has 2 rings (SSSR count). The van der Waals surface area contributed by atoms with Gasteiger partial charge in [0.15, 0.2) is 5.78 Å². The topological polar surface area (TPSA) is 46.5 Å². The number of allylic oxidation sites excluding steroid dienone is 2. The van der Waals surface area contributed by atoms with Gasteiger partial charge in [-0.05, 0) is 24.3 Å². The molecule has 0 unspecified atom stereocenters. The van der Waals surface area contributed by atoms with Crippen LogP contribution in [0.15, 0.2) is 47.5 Å². The first-order valence-corrected chi connectivity index (χ1v) is 4.63. The summed E-state index contributed by atoms with van der Waals surface area (Å²) in [6.45, 7) is 0. The Labute approximate surface area is 87.1 Å². The maximum absolute atomic E-state index is 11.4. The number of benzene rings is 1. The second-order valence-electron chi connectivity index (χ2n) is 3.23. The highest BCUT2D eigenvalue weighted by Gasteiger charge is 2.17. The third kappa shape index (κ3) is 2.26. The molecule has 1 aromatic rings. The molecule has 0 atom stereocenters. The monoisotopic (exact) mass is 199 g/mol. The summed E-state index contributed by atoms with van der Waals surface area (Å²) in [5, 5.41) is 0. The van der Waals surface area contributed by atoms with E-state index in [9.17, 15) is 9.59 Å². The Hall–Kier alpha value is -2.03. The van der Waals surface area contributed by atoms with Crippen molar-refractivity contribution in [1.82, 2.24) is 0 Å². The molecule has 0 amide bonds. The summed E-state index contributed by atoms with van der Waals surface area (Å²) in [6.07, 6.45) is 2.67. The molecule has 3 nitrogen and oxygen atoms in total. The fourth-order valence-electron chi connectivity index (χ4n) is 1.33. The fraction of sp³-hybridized carbons (Fsp3) is 0.0833. The van der Waals surface area contributed by atoms with Gasteiger partial charge in [-0.25, -0.2) is 4.99 Å². The van der Waals surface area contributed by atoms with Gasteiger partial charge in [0.2, 0.25) is 5.78 Å². The van der Waals surface area contributed by atoms with Crippen LogP contribution in [0.4, 0.5) is 5.69 Å². The van der Waals surface area contributed by atoms with Crippen molar-refractivity contribution >= 4 is 23.0 Å². The van der Waals surface area contributed by atoms with E-state index in [4.69, 9.17) is 0 Å². The summed E-state index contributed by atoms with van der Waals surface area (Å²) < 4.78 is 0. The Morgan fingerprint density at radius 3 is 2.47 bits per heavy atom. The minimum Gasteiger partial charge on any atom is -0.294 e. The van der Waals surface area contributed by atoms with Crippen LogP contribution in [0.2, 0.25) is 0 Å². The van der Waals surface area contributed by atoms with E-state index in [1.54, 1.807) is 12.1 Å². The molecule has 0 saturated heterocycles. The molecule has 1 aromatic carbocycles. The molecular weight excluding hydrogens is 190 g/mol. The summed E-state index contributed by atoms with van der Waals surface area (Å²) in [5.74, 6) is -0.261. The maximum atomic E-state index is 11.4. The van der Waals surface area contributed by atoms with E-state index in [-0.39, 0.29) is 18.0 Å². The van der Waals surface area contributed by atoms with Crippen LogP contribution < -0.4 is 0 Å². The van der Waals surface area contributed by atoms with Crippen molar-refractivity contribution in [2.45, 2.75) is 6.42 Å². The van der Waals surface area contributed by atoms with Crippen molar-refractivity contribution in [2.24, 2.45) is 4.99 Å². The smallest absolute Gasteiger partial charge is 0.200 e. The Kier molecular flexibility index (Phi) is 2.54. The quantitative estimate of drug-likeness (QED) is 0.693. The van der Waals surface area contributed by atoms with E-state index in [0.29, 0.717) is 11.4 Å². The van der Waals surface area contributed by atoms with Crippen LogP contribution in [0.3, 0.4) is 0 Å². The molecule has 1 aliphatic rings. The normalized spacial score (nSPS) is 18.5. The highest BCUT2D eigenvalue weighted by Crippen LogP contribution is 2.13. The van der Waals surface area contributed by atoms with Crippen molar-refractivity contribution < 1.29 is 9.59 Å². The maximum Gasteiger partial charge on any atom is 0.200 e. The molecule has 0 heterocycles. The lowest BCUT2D eigenvalue weighted by Crippen LogP contribution is -2.19. The summed E-state index contributed by atoms with van der Waals surface area (Å²) in [5.41, 5.74) is 1.01. The van der Waals surface area contributed by atoms with Gasteiger partial charge in [-0.2, -0.15) is 0 Å². The van der Waals surface area contributed by atoms with Gasteiger partial charge in [0, 0.05) is 0 Å². The Balaban J connectivity index is 2.32. The zero-order chi connectivity index (χ0) is 10.7. The molecule has 0 N–H and O–H groups in total. The van der Waals surface area contributed by atoms with Gasteiger partial charge in [-0.3, -0.25) is 9.59 Å². The molecule has 0 saturated carbocycles. The van der Waals surface area contributed by atoms with Crippen LogP contribution in [-0.2, 0) is 9.59 Å². The standard InChI is InChI=1S/C12H9NO2/c14-10-6-7-12(15)11(8-10)13-9-4-2-1-3-5-9/h1-7H,8H2. The Morgan fingerprint density at radius 2 is 1.73 bits per heavy atom. The van der Waals surface area contributed by atoms with Crippen molar-refractivity contribution in [1.29, 1.82) is 0 Å². The Morgan fingerprint density at radius 1 is 1.00 bits per heavy atom. The van der Waals surface area contributed by atoms with E-state index >= 15 is 0 Å². The zero-order valence-corrected chi connectivity index (χ0v) is 8.01. The Bertz CT molecular complexity index is 458. The third-order valence-corrected chi connectivity index (χ3v) is 2.07. The van der Waals surface area contributed by atoms with Crippen LogP contribution in [0, 0.1) is 0 Å². The molecule has 1 aliphatic carbocycles. The molecule has 15 heavy (non-hydrogen) atoms. The number of para-hydroxylation sites is 1. The van der Waals surface area contributed by atoms with Crippen molar-refractivity contribution in [3.63, 3.8) is 0 Å². The number of ketones is 2. The highest BCUT2D eigenvalue weighted by molar-refractivity contribution is 6.49. The minimum absolute atomic E-state index is 0.0794. The average molecular weight is 199 g/mol. The first-order chi connectivity index (χ1) is 7.25. The van der Waals surface area contributed by atoms with Gasteiger partial charge < -0.3 is 0 Å². The van der Waals surface area contributed by atoms with Gasteiger partial charge in [0.05, 0.1) is 17.8 Å². The van der Waals surface area contributed by atoms with Crippen molar-refractivity contribution in [3.8, 4) is 0 Å². The molecule has 0 bridgehead atoms. The summed E-state index contributed by atoms with van der Waals surface area (Å²) >= 11 is 0. The summed E-state index contributed by atoms with van der Waals surface area (Å²) in [7, 11) is 0. The molecule has 0 fully saturated rings. The van der Waals surface area contributed by atoms with Gasteiger partial charge in [-0.1, -0.05) is 18.2 Å². The van der Waals surface area contributed by atoms with E-state index in [1.165, 1.54) is 12.2 Å². The number of aliphatic imine (C=N–C) groups is 1. The SMILES string of the molecule is O=C1C=CC(=O)C(=Nc2ccccc2)C1. The number of hydrogen-bond acceptors (Lipinski definition) is 3. The minimum atomic E-state index is -0.182. The van der Waals surface area contributed by atoms with Gasteiger partial charge in [0.25, 0.3) is 0 Å². The first kappa shape index (κ1) is 9.52. The molecule has 74 valence electrons. The number of carbonyl (C=O) groups excluding carboxylic acids is 2. The molecule has 3 heteroatoms. The molecule has 0 radical (unpaired) electrons. The van der Waals surface area contributed by atoms with Gasteiger partial charge >= 0.3 is 0 Å². The second kappa shape index (κ2) is 4.00. The third-order valence-electron chi connectivity index (χ3n) is 2.07. The van der Waals surface area contributed by atoms with E-state index in [1.807, 2.05) is 18.2 Å². The van der Waals surface area contributed by atoms with Crippen LogP contribution in [0.25, 0.3) is 0 Å². The molecule has 0 aliphatic heterocycles. The van der Waals surface area contributed by atoms with E-state index in [0.717, 1.165) is 0 Å². The fourth-order valence-corrected chi connectivity index (χ4v) is 1.33. The number of rotatable bonds is 1. The largest absolute Gasteiger partial charge is 0.294 e. The second-order valence-corrected chi connectivity index (χ2v) is 3.23. The number of nitrogens with zero attached hydrogens (tertiary/aromatic N) is 1. The van der Waals surface area contributed by atoms with Crippen molar-refractivity contribution in [2.75, 3.05) is 0 Å². The van der Waals surface area contributed by atoms with Crippen LogP contribution in [-0.4, -0.2) is 17.3 Å². The number of hydrogen-bond donors (Lipinski definition) is 0. The van der Waals surface area contributed by atoms with Crippen molar-refractivity contribution in [3.05, 3.63) is 42.5 Å².